The van der Waals surface area contributed by atoms with E-state index in [0.717, 1.165) is 0 Å². The highest BCUT2D eigenvalue weighted by Gasteiger charge is 2.50. The number of ketones is 1. The third kappa shape index (κ3) is 5.53. The molecule has 0 saturated heterocycles. The van der Waals surface area contributed by atoms with E-state index in [4.69, 9.17) is 21.1 Å². The fourth-order valence-electron chi connectivity index (χ4n) is 3.85. The summed E-state index contributed by atoms with van der Waals surface area (Å²) in [4.78, 5) is 49.4. The van der Waals surface area contributed by atoms with Crippen LogP contribution in [0.2, 0.25) is 5.02 Å². The number of esters is 1. The van der Waals surface area contributed by atoms with Gasteiger partial charge in [-0.05, 0) is 58.2 Å². The first kappa shape index (κ1) is 25.2. The van der Waals surface area contributed by atoms with Gasteiger partial charge in [-0.3, -0.25) is 14.9 Å². The van der Waals surface area contributed by atoms with Gasteiger partial charge in [-0.2, -0.15) is 0 Å². The third-order valence-corrected chi connectivity index (χ3v) is 5.67. The van der Waals surface area contributed by atoms with E-state index < -0.39 is 40.0 Å². The Kier molecular flexibility index (Phi) is 7.26. The summed E-state index contributed by atoms with van der Waals surface area (Å²) in [6.45, 7) is 5.10. The van der Waals surface area contributed by atoms with Crippen LogP contribution in [0.4, 0.5) is 10.5 Å². The van der Waals surface area contributed by atoms with Crippen molar-refractivity contribution in [2.45, 2.75) is 57.3 Å². The highest BCUT2D eigenvalue weighted by Crippen LogP contribution is 2.39. The maximum Gasteiger partial charge on any atom is 0.408 e. The minimum Gasteiger partial charge on any atom is -0.451 e. The number of hydrogen-bond donors (Lipinski definition) is 1. The average molecular weight is 489 g/mol. The molecule has 180 valence electrons. The van der Waals surface area contributed by atoms with E-state index in [9.17, 15) is 24.5 Å². The molecule has 1 N–H and O–H groups in total. The molecule has 1 amide bonds. The number of alkyl carbamates (subject to hydrolysis) is 1. The lowest BCUT2D eigenvalue weighted by molar-refractivity contribution is -0.384. The molecule has 2 aromatic carbocycles. The number of halogens is 1. The molecule has 34 heavy (non-hydrogen) atoms. The minimum absolute atomic E-state index is 0.0624. The first-order valence-corrected chi connectivity index (χ1v) is 11.1. The smallest absolute Gasteiger partial charge is 0.408 e. The summed E-state index contributed by atoms with van der Waals surface area (Å²) >= 11 is 6.41. The van der Waals surface area contributed by atoms with E-state index >= 15 is 0 Å². The topological polar surface area (TPSA) is 125 Å². The van der Waals surface area contributed by atoms with Gasteiger partial charge in [0.25, 0.3) is 5.69 Å². The molecule has 10 heteroatoms. The van der Waals surface area contributed by atoms with Crippen molar-refractivity contribution in [3.05, 3.63) is 74.8 Å². The molecule has 0 bridgehead atoms. The summed E-state index contributed by atoms with van der Waals surface area (Å²) in [7, 11) is 0. The van der Waals surface area contributed by atoms with Gasteiger partial charge in [0, 0.05) is 22.7 Å². The Balaban J connectivity index is 1.90. The van der Waals surface area contributed by atoms with Crippen LogP contribution in [0.15, 0.2) is 48.5 Å². The lowest BCUT2D eigenvalue weighted by Gasteiger charge is -2.40. The number of ether oxygens (including phenoxy) is 2. The Morgan fingerprint density at radius 3 is 2.38 bits per heavy atom. The first-order chi connectivity index (χ1) is 15.9. The molecule has 0 aromatic heterocycles. The highest BCUT2D eigenvalue weighted by molar-refractivity contribution is 6.31. The summed E-state index contributed by atoms with van der Waals surface area (Å²) in [5.74, 6) is -1.34. The number of carbonyl (C=O) groups excluding carboxylic acids is 3. The fraction of sp³-hybridized carbons (Fsp3) is 0.375. The molecule has 1 aliphatic carbocycles. The van der Waals surface area contributed by atoms with Crippen molar-refractivity contribution in [3.8, 4) is 0 Å². The molecule has 3 rings (SSSR count). The Labute approximate surface area is 201 Å². The highest BCUT2D eigenvalue weighted by atomic mass is 35.5. The predicted molar refractivity (Wildman–Crippen MR) is 124 cm³/mol. The van der Waals surface area contributed by atoms with Crippen LogP contribution in [0.3, 0.4) is 0 Å². The van der Waals surface area contributed by atoms with E-state index in [0.29, 0.717) is 12.0 Å². The van der Waals surface area contributed by atoms with Crippen molar-refractivity contribution in [1.82, 2.24) is 5.32 Å². The summed E-state index contributed by atoms with van der Waals surface area (Å²) in [5, 5.41) is 13.8. The molecule has 0 radical (unpaired) electrons. The van der Waals surface area contributed by atoms with Gasteiger partial charge in [0.2, 0.25) is 5.78 Å². The van der Waals surface area contributed by atoms with Crippen LogP contribution < -0.4 is 5.32 Å². The van der Waals surface area contributed by atoms with Crippen LogP contribution in [0, 0.1) is 10.1 Å². The summed E-state index contributed by atoms with van der Waals surface area (Å²) in [6, 6.07) is 11.5. The van der Waals surface area contributed by atoms with Gasteiger partial charge >= 0.3 is 12.1 Å². The molecular weight excluding hydrogens is 464 g/mol. The zero-order valence-electron chi connectivity index (χ0n) is 19.0. The normalized spacial score (nSPS) is 20.4. The van der Waals surface area contributed by atoms with Gasteiger partial charge in [0.05, 0.1) is 10.5 Å². The van der Waals surface area contributed by atoms with E-state index in [-0.39, 0.29) is 29.1 Å². The molecule has 0 spiro atoms. The second-order valence-electron chi connectivity index (χ2n) is 8.97. The first-order valence-electron chi connectivity index (χ1n) is 10.7. The van der Waals surface area contributed by atoms with Crippen molar-refractivity contribution in [3.63, 3.8) is 0 Å². The van der Waals surface area contributed by atoms with Gasteiger partial charge in [0.1, 0.15) is 11.1 Å². The SMILES string of the molecule is CC(C)(C)OC(=O)N[C@]1(c2ccccc2Cl)CCC[C@@H](OC(=O)c2ccc([N+](=O)[O-])cc2)C1=O. The third-order valence-electron chi connectivity index (χ3n) is 5.34. The van der Waals surface area contributed by atoms with Crippen LogP contribution >= 0.6 is 11.6 Å². The van der Waals surface area contributed by atoms with Gasteiger partial charge in [0.15, 0.2) is 6.10 Å². The Hall–Kier alpha value is -3.46. The van der Waals surface area contributed by atoms with E-state index in [1.54, 1.807) is 45.0 Å². The van der Waals surface area contributed by atoms with Crippen molar-refractivity contribution >= 4 is 35.1 Å². The van der Waals surface area contributed by atoms with Crippen LogP contribution in [-0.2, 0) is 19.8 Å². The Bertz CT molecular complexity index is 1110. The number of nitro groups is 1. The van der Waals surface area contributed by atoms with E-state index in [2.05, 4.69) is 5.32 Å². The summed E-state index contributed by atoms with van der Waals surface area (Å²) in [5.41, 5.74) is -2.09. The lowest BCUT2D eigenvalue weighted by atomic mass is 9.74. The maximum absolute atomic E-state index is 13.7. The van der Waals surface area contributed by atoms with Gasteiger partial charge in [-0.15, -0.1) is 0 Å². The number of benzene rings is 2. The zero-order valence-corrected chi connectivity index (χ0v) is 19.8. The molecule has 1 fully saturated rings. The number of carbonyl (C=O) groups is 3. The molecule has 1 saturated carbocycles. The quantitative estimate of drug-likeness (QED) is 0.358. The van der Waals surface area contributed by atoms with E-state index in [1.807, 2.05) is 0 Å². The molecule has 2 aromatic rings. The van der Waals surface area contributed by atoms with Crippen molar-refractivity contribution < 1.29 is 28.8 Å². The number of hydrogen-bond acceptors (Lipinski definition) is 7. The molecule has 0 heterocycles. The Morgan fingerprint density at radius 2 is 1.79 bits per heavy atom. The number of nitrogens with one attached hydrogen (secondary N) is 1. The number of non-ortho nitro benzene ring substituents is 1. The summed E-state index contributed by atoms with van der Waals surface area (Å²) in [6.07, 6.45) is -1.03. The zero-order chi connectivity index (χ0) is 25.1. The molecule has 2 atom stereocenters. The van der Waals surface area contributed by atoms with Crippen molar-refractivity contribution in [2.75, 3.05) is 0 Å². The number of rotatable bonds is 5. The maximum atomic E-state index is 13.7. The van der Waals surface area contributed by atoms with Crippen LogP contribution in [0.25, 0.3) is 0 Å². The Morgan fingerprint density at radius 1 is 1.15 bits per heavy atom. The largest absolute Gasteiger partial charge is 0.451 e. The second kappa shape index (κ2) is 9.80. The number of Topliss-reactive ketones (excluding diaryl/α,β-unsaturated/α-hetero) is 1. The average Bonchev–Trinajstić information content (AvgIpc) is 2.75. The molecule has 0 aliphatic heterocycles. The predicted octanol–water partition coefficient (Wildman–Crippen LogP) is 4.95. The molecule has 0 unspecified atom stereocenters. The minimum atomic E-state index is -1.56. The van der Waals surface area contributed by atoms with Crippen LogP contribution in [-0.4, -0.2) is 34.5 Å². The fourth-order valence-corrected chi connectivity index (χ4v) is 4.15. The number of nitro benzene ring substituents is 1. The van der Waals surface area contributed by atoms with Gasteiger partial charge in [-0.25, -0.2) is 9.59 Å². The van der Waals surface area contributed by atoms with Crippen LogP contribution in [0.5, 0.6) is 0 Å². The van der Waals surface area contributed by atoms with Crippen LogP contribution in [0.1, 0.15) is 56.0 Å². The van der Waals surface area contributed by atoms with Gasteiger partial charge < -0.3 is 14.8 Å². The molecule has 1 aliphatic rings. The van der Waals surface area contributed by atoms with E-state index in [1.165, 1.54) is 24.3 Å². The van der Waals surface area contributed by atoms with Crippen molar-refractivity contribution in [2.24, 2.45) is 0 Å². The molecular formula is C24H25ClN2O7. The van der Waals surface area contributed by atoms with Crippen molar-refractivity contribution in [1.29, 1.82) is 0 Å². The monoisotopic (exact) mass is 488 g/mol. The standard InChI is InChI=1S/C24H25ClN2O7/c1-23(2,3)34-22(30)26-24(17-7-4-5-8-18(17)25)14-6-9-19(20(24)28)33-21(29)15-10-12-16(13-11-15)27(31)32/h4-5,7-8,10-13,19H,6,9,14H2,1-3H3,(H,26,30)/t19-,24+/m1/s1. The number of amides is 1. The molecule has 9 nitrogen and oxygen atoms in total. The number of nitrogens with zero attached hydrogens (tertiary/aromatic N) is 1. The summed E-state index contributed by atoms with van der Waals surface area (Å²) < 4.78 is 10.9. The lowest BCUT2D eigenvalue weighted by Crippen LogP contribution is -2.58. The second-order valence-corrected chi connectivity index (χ2v) is 9.37. The van der Waals surface area contributed by atoms with Gasteiger partial charge in [-0.1, -0.05) is 29.8 Å².